The molecule has 1 atom stereocenters. The summed E-state index contributed by atoms with van der Waals surface area (Å²) in [6.07, 6.45) is 0.937. The van der Waals surface area contributed by atoms with E-state index in [9.17, 15) is 0 Å². The van der Waals surface area contributed by atoms with Crippen LogP contribution < -0.4 is 0 Å². The highest BCUT2D eigenvalue weighted by atomic mass is 35.5. The summed E-state index contributed by atoms with van der Waals surface area (Å²) in [5.74, 6) is 0.669. The Morgan fingerprint density at radius 3 is 2.81 bits per heavy atom. The number of para-hydroxylation sites is 1. The molecule has 5 heteroatoms. The lowest BCUT2D eigenvalue weighted by Gasteiger charge is -2.09. The quantitative estimate of drug-likeness (QED) is 0.770. The smallest absolute Gasteiger partial charge is 0.174 e. The highest BCUT2D eigenvalue weighted by Gasteiger charge is 2.14. The fraction of sp³-hybridized carbons (Fsp3) is 0.364. The number of aromatic nitrogens is 4. The van der Waals surface area contributed by atoms with Crippen molar-refractivity contribution in [2.24, 2.45) is 0 Å². The topological polar surface area (TPSA) is 43.6 Å². The van der Waals surface area contributed by atoms with Crippen LogP contribution in [0.15, 0.2) is 24.3 Å². The van der Waals surface area contributed by atoms with Crippen LogP contribution in [0.2, 0.25) is 0 Å². The van der Waals surface area contributed by atoms with E-state index < -0.39 is 0 Å². The lowest BCUT2D eigenvalue weighted by atomic mass is 10.1. The summed E-state index contributed by atoms with van der Waals surface area (Å²) >= 11 is 6.03. The number of aryl methyl sites for hydroxylation is 1. The van der Waals surface area contributed by atoms with Crippen molar-refractivity contribution < 1.29 is 0 Å². The summed E-state index contributed by atoms with van der Waals surface area (Å²) in [4.78, 5) is 0. The molecule has 0 aliphatic rings. The molecule has 0 saturated carbocycles. The van der Waals surface area contributed by atoms with Crippen molar-refractivity contribution in [3.05, 3.63) is 35.7 Å². The minimum Gasteiger partial charge on any atom is -0.196 e. The van der Waals surface area contributed by atoms with Crippen molar-refractivity contribution in [2.45, 2.75) is 25.6 Å². The zero-order chi connectivity index (χ0) is 11.5. The number of nitrogens with zero attached hydrogens (tertiary/aromatic N) is 4. The van der Waals surface area contributed by atoms with Crippen LogP contribution >= 0.6 is 11.6 Å². The van der Waals surface area contributed by atoms with Crippen LogP contribution in [0.1, 0.15) is 30.6 Å². The molecule has 2 aromatic rings. The first kappa shape index (κ1) is 11.1. The first-order valence-electron chi connectivity index (χ1n) is 5.24. The molecule has 0 amide bonds. The Labute approximate surface area is 99.2 Å². The zero-order valence-corrected chi connectivity index (χ0v) is 10.0. The van der Waals surface area contributed by atoms with Gasteiger partial charge in [-0.2, -0.15) is 4.68 Å². The van der Waals surface area contributed by atoms with Crippen LogP contribution in [0.25, 0.3) is 5.69 Å². The van der Waals surface area contributed by atoms with Gasteiger partial charge in [0.1, 0.15) is 0 Å². The molecular formula is C11H13ClN4. The van der Waals surface area contributed by atoms with Gasteiger partial charge in [-0.25, -0.2) is 0 Å². The summed E-state index contributed by atoms with van der Waals surface area (Å²) in [6.45, 7) is 3.96. The molecule has 0 spiro atoms. The molecule has 0 radical (unpaired) electrons. The van der Waals surface area contributed by atoms with E-state index in [0.29, 0.717) is 5.82 Å². The van der Waals surface area contributed by atoms with Crippen LogP contribution in [-0.2, 0) is 6.42 Å². The van der Waals surface area contributed by atoms with Crippen molar-refractivity contribution in [3.63, 3.8) is 0 Å². The third kappa shape index (κ3) is 1.93. The number of hydrogen-bond donors (Lipinski definition) is 0. The fourth-order valence-corrected chi connectivity index (χ4v) is 1.77. The molecule has 0 aliphatic carbocycles. The minimum absolute atomic E-state index is 0.208. The highest BCUT2D eigenvalue weighted by molar-refractivity contribution is 6.20. The van der Waals surface area contributed by atoms with Gasteiger partial charge in [-0.1, -0.05) is 25.1 Å². The van der Waals surface area contributed by atoms with E-state index in [4.69, 9.17) is 11.6 Å². The monoisotopic (exact) mass is 236 g/mol. The standard InChI is InChI=1S/C11H13ClN4/c1-3-9-6-4-5-7-10(9)16-11(8(2)12)13-14-15-16/h4-8H,3H2,1-2H3. The van der Waals surface area contributed by atoms with E-state index in [2.05, 4.69) is 28.5 Å². The maximum Gasteiger partial charge on any atom is 0.174 e. The molecule has 1 aromatic carbocycles. The SMILES string of the molecule is CCc1ccccc1-n1nnnc1C(C)Cl. The number of tetrazole rings is 1. The maximum absolute atomic E-state index is 6.03. The second-order valence-corrected chi connectivity index (χ2v) is 4.20. The molecule has 0 fully saturated rings. The van der Waals surface area contributed by atoms with E-state index in [1.807, 2.05) is 25.1 Å². The zero-order valence-electron chi connectivity index (χ0n) is 9.26. The number of hydrogen-bond acceptors (Lipinski definition) is 3. The van der Waals surface area contributed by atoms with Gasteiger partial charge >= 0.3 is 0 Å². The van der Waals surface area contributed by atoms with Crippen molar-refractivity contribution in [1.29, 1.82) is 0 Å². The Balaban J connectivity index is 2.54. The minimum atomic E-state index is -0.208. The Hall–Kier alpha value is -1.42. The molecule has 0 bridgehead atoms. The van der Waals surface area contributed by atoms with Crippen molar-refractivity contribution >= 4 is 11.6 Å². The van der Waals surface area contributed by atoms with Crippen LogP contribution in [0, 0.1) is 0 Å². The first-order valence-corrected chi connectivity index (χ1v) is 5.68. The fourth-order valence-electron chi connectivity index (χ4n) is 1.63. The summed E-state index contributed by atoms with van der Waals surface area (Å²) in [5, 5.41) is 11.4. The molecule has 4 nitrogen and oxygen atoms in total. The molecule has 0 aliphatic heterocycles. The van der Waals surface area contributed by atoms with Gasteiger partial charge in [-0.15, -0.1) is 16.7 Å². The van der Waals surface area contributed by atoms with Gasteiger partial charge in [-0.3, -0.25) is 0 Å². The van der Waals surface area contributed by atoms with Crippen LogP contribution in [-0.4, -0.2) is 20.2 Å². The molecular weight excluding hydrogens is 224 g/mol. The van der Waals surface area contributed by atoms with E-state index >= 15 is 0 Å². The van der Waals surface area contributed by atoms with E-state index in [1.165, 1.54) is 5.56 Å². The van der Waals surface area contributed by atoms with Crippen LogP contribution in [0.4, 0.5) is 0 Å². The first-order chi connectivity index (χ1) is 7.74. The van der Waals surface area contributed by atoms with Gasteiger partial charge in [0, 0.05) is 0 Å². The Bertz CT molecular complexity index is 478. The number of halogens is 1. The van der Waals surface area contributed by atoms with E-state index in [0.717, 1.165) is 12.1 Å². The van der Waals surface area contributed by atoms with Crippen molar-refractivity contribution in [3.8, 4) is 5.69 Å². The molecule has 1 unspecified atom stereocenters. The largest absolute Gasteiger partial charge is 0.196 e. The predicted molar refractivity (Wildman–Crippen MR) is 62.8 cm³/mol. The molecule has 1 aromatic heterocycles. The molecule has 0 N–H and O–H groups in total. The van der Waals surface area contributed by atoms with Crippen molar-refractivity contribution in [2.75, 3.05) is 0 Å². The summed E-state index contributed by atoms with van der Waals surface area (Å²) in [6, 6.07) is 8.05. The van der Waals surface area contributed by atoms with Gasteiger partial charge in [0.25, 0.3) is 0 Å². The lowest BCUT2D eigenvalue weighted by Crippen LogP contribution is -2.06. The van der Waals surface area contributed by atoms with Crippen molar-refractivity contribution in [1.82, 2.24) is 20.2 Å². The van der Waals surface area contributed by atoms with Crippen LogP contribution in [0.5, 0.6) is 0 Å². The van der Waals surface area contributed by atoms with Crippen LogP contribution in [0.3, 0.4) is 0 Å². The Morgan fingerprint density at radius 2 is 2.12 bits per heavy atom. The van der Waals surface area contributed by atoms with E-state index in [-0.39, 0.29) is 5.38 Å². The summed E-state index contributed by atoms with van der Waals surface area (Å²) in [5.41, 5.74) is 2.20. The van der Waals surface area contributed by atoms with Gasteiger partial charge in [0.2, 0.25) is 0 Å². The van der Waals surface area contributed by atoms with Gasteiger partial charge < -0.3 is 0 Å². The number of alkyl halides is 1. The molecule has 2 rings (SSSR count). The summed E-state index contributed by atoms with van der Waals surface area (Å²) in [7, 11) is 0. The second-order valence-electron chi connectivity index (χ2n) is 3.55. The number of rotatable bonds is 3. The van der Waals surface area contributed by atoms with Gasteiger partial charge in [-0.05, 0) is 35.4 Å². The Morgan fingerprint density at radius 1 is 1.38 bits per heavy atom. The number of benzene rings is 1. The third-order valence-corrected chi connectivity index (χ3v) is 2.65. The normalized spacial score (nSPS) is 12.7. The molecule has 84 valence electrons. The summed E-state index contributed by atoms with van der Waals surface area (Å²) < 4.78 is 1.70. The second kappa shape index (κ2) is 4.61. The molecule has 0 saturated heterocycles. The third-order valence-electron chi connectivity index (χ3n) is 2.45. The lowest BCUT2D eigenvalue weighted by molar-refractivity contribution is 0.753. The average Bonchev–Trinajstić information content (AvgIpc) is 2.77. The average molecular weight is 237 g/mol. The molecule has 1 heterocycles. The predicted octanol–water partition coefficient (Wildman–Crippen LogP) is 2.52. The van der Waals surface area contributed by atoms with E-state index in [1.54, 1.807) is 4.68 Å². The van der Waals surface area contributed by atoms with Gasteiger partial charge in [0.15, 0.2) is 5.82 Å². The molecule has 16 heavy (non-hydrogen) atoms. The highest BCUT2D eigenvalue weighted by Crippen LogP contribution is 2.21. The maximum atomic E-state index is 6.03. The Kier molecular flexibility index (Phi) is 3.19. The van der Waals surface area contributed by atoms with Gasteiger partial charge in [0.05, 0.1) is 11.1 Å².